The fraction of sp³-hybridized carbons (Fsp3) is 0.143. The second-order valence-electron chi connectivity index (χ2n) is 4.59. The molecule has 0 bridgehead atoms. The van der Waals surface area contributed by atoms with Crippen LogP contribution in [-0.4, -0.2) is 40.4 Å². The molecular weight excluding hydrogens is 366 g/mol. The van der Waals surface area contributed by atoms with Crippen LogP contribution in [0.1, 0.15) is 11.3 Å². The third-order valence-corrected chi connectivity index (χ3v) is 3.91. The molecule has 11 heteroatoms. The number of anilines is 1. The average Bonchev–Trinajstić information content (AvgIpc) is 3.19. The molecule has 130 valence electrons. The van der Waals surface area contributed by atoms with E-state index in [1.165, 1.54) is 7.11 Å². The van der Waals surface area contributed by atoms with Crippen molar-refractivity contribution in [3.05, 3.63) is 47.0 Å². The number of hydroxylamine groups is 1. The number of ether oxygens (including phenoxy) is 1. The Balaban J connectivity index is 1.77. The zero-order chi connectivity index (χ0) is 17.8. The lowest BCUT2D eigenvalue weighted by molar-refractivity contribution is -0.194. The normalized spacial score (nSPS) is 17.0. The van der Waals surface area contributed by atoms with Crippen molar-refractivity contribution < 1.29 is 19.2 Å². The van der Waals surface area contributed by atoms with Gasteiger partial charge in [-0.05, 0) is 12.1 Å². The van der Waals surface area contributed by atoms with Crippen LogP contribution in [0.4, 0.5) is 5.13 Å². The minimum Gasteiger partial charge on any atom is -0.438 e. The number of aromatic nitrogens is 1. The van der Waals surface area contributed by atoms with E-state index < -0.39 is 11.5 Å². The summed E-state index contributed by atoms with van der Waals surface area (Å²) in [5.41, 5.74) is 5.48. The van der Waals surface area contributed by atoms with Crippen LogP contribution in [0.2, 0.25) is 0 Å². The number of hydrazone groups is 1. The molecule has 0 fully saturated rings. The predicted molar refractivity (Wildman–Crippen MR) is 94.8 cm³/mol. The third-order valence-electron chi connectivity index (χ3n) is 2.93. The van der Waals surface area contributed by atoms with Gasteiger partial charge in [-0.25, -0.2) is 9.78 Å². The Labute approximate surface area is 152 Å². The molecule has 1 unspecified atom stereocenters. The molecule has 1 aromatic heterocycles. The fourth-order valence-corrected chi connectivity index (χ4v) is 2.63. The fourth-order valence-electron chi connectivity index (χ4n) is 1.88. The van der Waals surface area contributed by atoms with E-state index in [1.807, 2.05) is 18.2 Å². The molecule has 25 heavy (non-hydrogen) atoms. The van der Waals surface area contributed by atoms with Crippen molar-refractivity contribution in [3.8, 4) is 0 Å². The van der Waals surface area contributed by atoms with E-state index in [1.54, 1.807) is 17.5 Å². The van der Waals surface area contributed by atoms with Crippen LogP contribution in [0.15, 0.2) is 46.0 Å². The number of thiol groups is 1. The Bertz CT molecular complexity index is 824. The Morgan fingerprint density at radius 3 is 2.84 bits per heavy atom. The standard InChI is InChI=1S/C14H13N5O4S2/c1-21-18-10(9-7-25-13(15)16-9)12(20)23-19-14(24)22-11(17-19)8-5-3-2-4-6-8/h2-7,14,24H,1H3,(H2,15,16). The molecular formula is C14H13N5O4S2. The minimum absolute atomic E-state index is 0.153. The predicted octanol–water partition coefficient (Wildman–Crippen LogP) is 1.44. The van der Waals surface area contributed by atoms with Gasteiger partial charge in [0.25, 0.3) is 5.56 Å². The number of carbonyl (C=O) groups is 1. The molecule has 0 aliphatic carbocycles. The van der Waals surface area contributed by atoms with Crippen LogP contribution in [0.3, 0.4) is 0 Å². The topological polar surface area (TPSA) is 112 Å². The van der Waals surface area contributed by atoms with E-state index in [2.05, 4.69) is 32.7 Å². The van der Waals surface area contributed by atoms with Crippen LogP contribution in [-0.2, 0) is 19.2 Å². The molecule has 1 aromatic carbocycles. The van der Waals surface area contributed by atoms with Gasteiger partial charge in [-0.2, -0.15) is 0 Å². The van der Waals surface area contributed by atoms with Gasteiger partial charge >= 0.3 is 5.97 Å². The van der Waals surface area contributed by atoms with Gasteiger partial charge in [0.05, 0.1) is 0 Å². The molecule has 9 nitrogen and oxygen atoms in total. The lowest BCUT2D eigenvalue weighted by Gasteiger charge is -2.15. The molecule has 0 radical (unpaired) electrons. The summed E-state index contributed by atoms with van der Waals surface area (Å²) in [5.74, 6) is -0.565. The summed E-state index contributed by atoms with van der Waals surface area (Å²) < 4.78 is 5.47. The molecule has 2 aromatic rings. The van der Waals surface area contributed by atoms with E-state index in [0.717, 1.165) is 22.1 Å². The highest BCUT2D eigenvalue weighted by molar-refractivity contribution is 7.80. The van der Waals surface area contributed by atoms with Gasteiger partial charge in [0.1, 0.15) is 12.8 Å². The molecule has 3 rings (SSSR count). The minimum atomic E-state index is -0.900. The van der Waals surface area contributed by atoms with E-state index >= 15 is 0 Å². The van der Waals surface area contributed by atoms with Crippen molar-refractivity contribution in [2.75, 3.05) is 12.8 Å². The second-order valence-corrected chi connectivity index (χ2v) is 5.92. The lowest BCUT2D eigenvalue weighted by atomic mass is 10.2. The number of thiazole rings is 1. The van der Waals surface area contributed by atoms with Gasteiger partial charge in [0, 0.05) is 10.9 Å². The summed E-state index contributed by atoms with van der Waals surface area (Å²) in [4.78, 5) is 26.2. The molecule has 2 N–H and O–H groups in total. The number of nitrogens with zero attached hydrogens (tertiary/aromatic N) is 4. The number of carbonyl (C=O) groups excluding carboxylic acids is 1. The zero-order valence-corrected chi connectivity index (χ0v) is 14.6. The smallest absolute Gasteiger partial charge is 0.389 e. The second kappa shape index (κ2) is 7.40. The SMILES string of the molecule is CON=C(C(=O)ON1N=C(c2ccccc2)OC1S)c1csc(N)n1. The molecule has 0 amide bonds. The van der Waals surface area contributed by atoms with Crippen LogP contribution in [0.25, 0.3) is 0 Å². The summed E-state index contributed by atoms with van der Waals surface area (Å²) in [6.07, 6.45) is 0. The van der Waals surface area contributed by atoms with E-state index in [0.29, 0.717) is 0 Å². The van der Waals surface area contributed by atoms with Gasteiger partial charge in [-0.15, -0.1) is 24.0 Å². The van der Waals surface area contributed by atoms with Crippen LogP contribution >= 0.6 is 24.0 Å². The van der Waals surface area contributed by atoms with Crippen molar-refractivity contribution in [1.29, 1.82) is 0 Å². The van der Waals surface area contributed by atoms with Crippen molar-refractivity contribution in [2.45, 2.75) is 5.56 Å². The molecule has 0 spiro atoms. The summed E-state index contributed by atoms with van der Waals surface area (Å²) in [7, 11) is 1.30. The molecule has 1 aliphatic heterocycles. The number of rotatable bonds is 5. The summed E-state index contributed by atoms with van der Waals surface area (Å²) in [6, 6.07) is 9.14. The van der Waals surface area contributed by atoms with Crippen molar-refractivity contribution >= 4 is 46.7 Å². The lowest BCUT2D eigenvalue weighted by Crippen LogP contribution is -2.31. The van der Waals surface area contributed by atoms with Crippen molar-refractivity contribution in [2.24, 2.45) is 10.3 Å². The van der Waals surface area contributed by atoms with Crippen molar-refractivity contribution in [1.82, 2.24) is 10.2 Å². The van der Waals surface area contributed by atoms with Crippen LogP contribution in [0.5, 0.6) is 0 Å². The van der Waals surface area contributed by atoms with Crippen molar-refractivity contribution in [3.63, 3.8) is 0 Å². The highest BCUT2D eigenvalue weighted by Crippen LogP contribution is 2.21. The van der Waals surface area contributed by atoms with Crippen LogP contribution in [0, 0.1) is 0 Å². The van der Waals surface area contributed by atoms with E-state index in [4.69, 9.17) is 15.3 Å². The molecule has 0 saturated heterocycles. The Hall–Kier alpha value is -2.79. The van der Waals surface area contributed by atoms with Gasteiger partial charge in [0.15, 0.2) is 5.13 Å². The molecule has 0 saturated carbocycles. The Morgan fingerprint density at radius 1 is 1.44 bits per heavy atom. The number of hydrogen-bond donors (Lipinski definition) is 2. The van der Waals surface area contributed by atoms with Gasteiger partial charge in [0.2, 0.25) is 11.6 Å². The number of benzene rings is 1. The first-order chi connectivity index (χ1) is 12.1. The molecule has 1 atom stereocenters. The first kappa shape index (κ1) is 17.0. The molecule has 2 heterocycles. The quantitative estimate of drug-likeness (QED) is 0.459. The van der Waals surface area contributed by atoms with E-state index in [9.17, 15) is 4.79 Å². The largest absolute Gasteiger partial charge is 0.438 e. The van der Waals surface area contributed by atoms with Gasteiger partial charge in [-0.1, -0.05) is 33.6 Å². The third kappa shape index (κ3) is 3.83. The maximum absolute atomic E-state index is 12.4. The highest BCUT2D eigenvalue weighted by atomic mass is 32.1. The maximum Gasteiger partial charge on any atom is 0.389 e. The monoisotopic (exact) mass is 379 g/mol. The zero-order valence-electron chi connectivity index (χ0n) is 12.9. The summed E-state index contributed by atoms with van der Waals surface area (Å²) >= 11 is 5.35. The van der Waals surface area contributed by atoms with E-state index in [-0.39, 0.29) is 22.4 Å². The molecule has 1 aliphatic rings. The first-order valence-corrected chi connectivity index (χ1v) is 8.31. The number of hydrogen-bond acceptors (Lipinski definition) is 11. The highest BCUT2D eigenvalue weighted by Gasteiger charge is 2.32. The number of nitrogen functional groups attached to an aromatic ring is 1. The van der Waals surface area contributed by atoms with Gasteiger partial charge < -0.3 is 20.1 Å². The van der Waals surface area contributed by atoms with Crippen LogP contribution < -0.4 is 5.73 Å². The Kier molecular flexibility index (Phi) is 5.05. The average molecular weight is 379 g/mol. The Morgan fingerprint density at radius 2 is 2.20 bits per heavy atom. The summed E-state index contributed by atoms with van der Waals surface area (Å²) in [6.45, 7) is 0. The first-order valence-electron chi connectivity index (χ1n) is 6.91. The van der Waals surface area contributed by atoms with Gasteiger partial charge in [-0.3, -0.25) is 0 Å². The summed E-state index contributed by atoms with van der Waals surface area (Å²) in [5, 5.41) is 10.5. The number of oxime groups is 1. The maximum atomic E-state index is 12.4. The number of nitrogens with two attached hydrogens (primary N) is 1.